The number of piperidine rings is 1. The van der Waals surface area contributed by atoms with Crippen LogP contribution in [0.1, 0.15) is 28.1 Å². The molecule has 0 radical (unpaired) electrons. The zero-order chi connectivity index (χ0) is 22.2. The van der Waals surface area contributed by atoms with Crippen molar-refractivity contribution in [1.82, 2.24) is 15.1 Å². The summed E-state index contributed by atoms with van der Waals surface area (Å²) in [5, 5.41) is 17.0. The average molecular weight is 446 g/mol. The van der Waals surface area contributed by atoms with Gasteiger partial charge in [-0.25, -0.2) is 4.39 Å². The number of H-pyrrole nitrogens is 1. The summed E-state index contributed by atoms with van der Waals surface area (Å²) >= 11 is 1.39. The minimum absolute atomic E-state index is 0.0102. The first-order chi connectivity index (χ1) is 15.5. The van der Waals surface area contributed by atoms with E-state index >= 15 is 0 Å². The van der Waals surface area contributed by atoms with E-state index in [9.17, 15) is 9.18 Å². The van der Waals surface area contributed by atoms with Gasteiger partial charge in [-0.3, -0.25) is 9.89 Å². The van der Waals surface area contributed by atoms with Gasteiger partial charge in [0.1, 0.15) is 11.9 Å². The van der Waals surface area contributed by atoms with Gasteiger partial charge in [0.15, 0.2) is 0 Å². The molecule has 6 nitrogen and oxygen atoms in total. The van der Waals surface area contributed by atoms with Crippen LogP contribution in [0.5, 0.6) is 0 Å². The van der Waals surface area contributed by atoms with Crippen molar-refractivity contribution < 1.29 is 9.18 Å². The van der Waals surface area contributed by atoms with Gasteiger partial charge in [-0.1, -0.05) is 12.1 Å². The second-order valence-corrected chi connectivity index (χ2v) is 9.04. The topological polar surface area (TPSA) is 98.8 Å². The van der Waals surface area contributed by atoms with Gasteiger partial charge < -0.3 is 10.6 Å². The summed E-state index contributed by atoms with van der Waals surface area (Å²) in [6, 6.07) is 14.1. The molecule has 32 heavy (non-hydrogen) atoms. The number of benzene rings is 2. The number of nitrogens with zero attached hydrogens (tertiary/aromatic N) is 3. The highest BCUT2D eigenvalue weighted by Gasteiger charge is 2.25. The molecular formula is C24H20FN5OS. The van der Waals surface area contributed by atoms with Crippen molar-refractivity contribution >= 4 is 28.1 Å². The van der Waals surface area contributed by atoms with Gasteiger partial charge in [0.25, 0.3) is 5.91 Å². The predicted octanol–water partition coefficient (Wildman–Crippen LogP) is 4.53. The molecule has 1 atom stereocenters. The molecule has 3 heterocycles. The van der Waals surface area contributed by atoms with Crippen LogP contribution in [0, 0.1) is 17.1 Å². The number of hydrogen-bond acceptors (Lipinski definition) is 5. The number of rotatable bonds is 3. The molecule has 0 spiro atoms. The van der Waals surface area contributed by atoms with Crippen LogP contribution in [-0.2, 0) is 0 Å². The maximum Gasteiger partial charge on any atom is 0.264 e. The molecule has 1 aliphatic heterocycles. The summed E-state index contributed by atoms with van der Waals surface area (Å²) in [6.07, 6.45) is 3.55. The molecule has 0 saturated carbocycles. The lowest BCUT2D eigenvalue weighted by Gasteiger charge is -2.30. The van der Waals surface area contributed by atoms with E-state index in [4.69, 9.17) is 11.0 Å². The van der Waals surface area contributed by atoms with E-state index in [2.05, 4.69) is 10.2 Å². The highest BCUT2D eigenvalue weighted by Crippen LogP contribution is 2.41. The number of carbonyl (C=O) groups excluding carboxylic acids is 1. The molecule has 160 valence electrons. The Balaban J connectivity index is 1.62. The first kappa shape index (κ1) is 20.4. The quantitative estimate of drug-likeness (QED) is 0.484. The third-order valence-electron chi connectivity index (χ3n) is 5.79. The van der Waals surface area contributed by atoms with E-state index in [1.807, 2.05) is 30.3 Å². The van der Waals surface area contributed by atoms with Gasteiger partial charge in [0.05, 0.1) is 22.2 Å². The van der Waals surface area contributed by atoms with Crippen molar-refractivity contribution in [2.45, 2.75) is 18.9 Å². The number of hydrogen-bond donors (Lipinski definition) is 2. The number of amides is 1. The van der Waals surface area contributed by atoms with Crippen LogP contribution in [0.2, 0.25) is 0 Å². The first-order valence-electron chi connectivity index (χ1n) is 10.4. The fourth-order valence-electron chi connectivity index (χ4n) is 4.13. The van der Waals surface area contributed by atoms with Crippen molar-refractivity contribution in [3.05, 3.63) is 64.9 Å². The largest absolute Gasteiger partial charge is 0.336 e. The third kappa shape index (κ3) is 3.66. The molecule has 2 aromatic carbocycles. The summed E-state index contributed by atoms with van der Waals surface area (Å²) < 4.78 is 14.4. The van der Waals surface area contributed by atoms with Crippen LogP contribution < -0.4 is 5.73 Å². The Kier molecular flexibility index (Phi) is 5.21. The van der Waals surface area contributed by atoms with Crippen molar-refractivity contribution in [3.63, 3.8) is 0 Å². The second kappa shape index (κ2) is 8.19. The summed E-state index contributed by atoms with van der Waals surface area (Å²) in [6.45, 7) is 1.22. The molecule has 0 unspecified atom stereocenters. The molecule has 1 fully saturated rings. The standard InChI is InChI=1S/C24H20FN5OS/c25-20-9-14(3-4-16(20)11-26)19-10-22(24(31)30-7-1-2-18(27)13-30)32-23(19)15-5-6-21-17(8-15)12-28-29-21/h3-6,8-10,12,18H,1-2,7,13,27H2,(H,28,29)/t18-/m1/s1. The second-order valence-electron chi connectivity index (χ2n) is 7.99. The Morgan fingerprint density at radius 3 is 2.88 bits per heavy atom. The Labute approximate surface area is 188 Å². The number of aromatic amines is 1. The molecule has 1 saturated heterocycles. The number of nitrogens with one attached hydrogen (secondary N) is 1. The normalized spacial score (nSPS) is 16.3. The van der Waals surface area contributed by atoms with E-state index in [-0.39, 0.29) is 17.5 Å². The highest BCUT2D eigenvalue weighted by molar-refractivity contribution is 7.18. The van der Waals surface area contributed by atoms with E-state index in [0.29, 0.717) is 23.5 Å². The van der Waals surface area contributed by atoms with Crippen molar-refractivity contribution in [3.8, 4) is 27.6 Å². The Morgan fingerprint density at radius 2 is 2.09 bits per heavy atom. The lowest BCUT2D eigenvalue weighted by molar-refractivity contribution is 0.0714. The smallest absolute Gasteiger partial charge is 0.264 e. The van der Waals surface area contributed by atoms with Crippen LogP contribution in [-0.4, -0.2) is 40.1 Å². The number of aromatic nitrogens is 2. The summed E-state index contributed by atoms with van der Waals surface area (Å²) in [5.41, 5.74) is 9.27. The molecule has 5 rings (SSSR count). The minimum atomic E-state index is -0.581. The Bertz CT molecular complexity index is 1370. The summed E-state index contributed by atoms with van der Waals surface area (Å²) in [7, 11) is 0. The number of thiophene rings is 1. The Hall–Kier alpha value is -3.54. The third-order valence-corrected chi connectivity index (χ3v) is 6.96. The SMILES string of the molecule is N#Cc1ccc(-c2cc(C(=O)N3CCC[C@@H](N)C3)sc2-c2ccc3[nH]ncc3c2)cc1F. The van der Waals surface area contributed by atoms with Gasteiger partial charge in [-0.05, 0) is 54.3 Å². The molecular weight excluding hydrogens is 425 g/mol. The lowest BCUT2D eigenvalue weighted by atomic mass is 10.00. The fourth-order valence-corrected chi connectivity index (χ4v) is 5.28. The number of fused-ring (bicyclic) bond motifs is 1. The number of nitriles is 1. The van der Waals surface area contributed by atoms with Crippen molar-refractivity contribution in [2.24, 2.45) is 5.73 Å². The van der Waals surface area contributed by atoms with Gasteiger partial charge in [-0.2, -0.15) is 10.4 Å². The molecule has 1 aliphatic rings. The molecule has 0 bridgehead atoms. The maximum atomic E-state index is 14.4. The molecule has 4 aromatic rings. The predicted molar refractivity (Wildman–Crippen MR) is 123 cm³/mol. The number of halogens is 1. The van der Waals surface area contributed by atoms with Gasteiger partial charge in [0, 0.05) is 35.0 Å². The van der Waals surface area contributed by atoms with Crippen LogP contribution in [0.3, 0.4) is 0 Å². The van der Waals surface area contributed by atoms with Crippen LogP contribution in [0.25, 0.3) is 32.5 Å². The zero-order valence-electron chi connectivity index (χ0n) is 17.1. The zero-order valence-corrected chi connectivity index (χ0v) is 18.0. The number of likely N-dealkylation sites (tertiary alicyclic amines) is 1. The number of nitrogens with two attached hydrogens (primary N) is 1. The summed E-state index contributed by atoms with van der Waals surface area (Å²) in [4.78, 5) is 16.5. The van der Waals surface area contributed by atoms with E-state index < -0.39 is 5.82 Å². The van der Waals surface area contributed by atoms with Gasteiger partial charge >= 0.3 is 0 Å². The monoisotopic (exact) mass is 445 g/mol. The molecule has 1 amide bonds. The Morgan fingerprint density at radius 1 is 1.25 bits per heavy atom. The van der Waals surface area contributed by atoms with Crippen molar-refractivity contribution in [1.29, 1.82) is 5.26 Å². The average Bonchev–Trinajstić information content (AvgIpc) is 3.45. The first-order valence-corrected chi connectivity index (χ1v) is 11.2. The van der Waals surface area contributed by atoms with Crippen LogP contribution in [0.15, 0.2) is 48.7 Å². The maximum absolute atomic E-state index is 14.4. The van der Waals surface area contributed by atoms with E-state index in [1.165, 1.54) is 23.5 Å². The highest BCUT2D eigenvalue weighted by atomic mass is 32.1. The molecule has 3 N–H and O–H groups in total. The minimum Gasteiger partial charge on any atom is -0.336 e. The fraction of sp³-hybridized carbons (Fsp3) is 0.208. The lowest BCUT2D eigenvalue weighted by Crippen LogP contribution is -2.45. The molecule has 8 heteroatoms. The molecule has 0 aliphatic carbocycles. The number of carbonyl (C=O) groups is 1. The molecule has 2 aromatic heterocycles. The summed E-state index contributed by atoms with van der Waals surface area (Å²) in [5.74, 6) is -0.640. The van der Waals surface area contributed by atoms with Gasteiger partial charge in [-0.15, -0.1) is 11.3 Å². The van der Waals surface area contributed by atoms with Crippen LogP contribution in [0.4, 0.5) is 4.39 Å². The van der Waals surface area contributed by atoms with Crippen LogP contribution >= 0.6 is 11.3 Å². The van der Waals surface area contributed by atoms with E-state index in [1.54, 1.807) is 17.2 Å². The van der Waals surface area contributed by atoms with Crippen molar-refractivity contribution in [2.75, 3.05) is 13.1 Å². The van der Waals surface area contributed by atoms with E-state index in [0.717, 1.165) is 39.7 Å². The van der Waals surface area contributed by atoms with Gasteiger partial charge in [0.2, 0.25) is 0 Å².